The number of carbonyl (C=O) groups excluding carboxylic acids is 1. The van der Waals surface area contributed by atoms with Gasteiger partial charge in [0, 0.05) is 19.0 Å². The molecule has 2 aliphatic carbocycles. The predicted octanol–water partition coefficient (Wildman–Crippen LogP) is 6.63. The highest BCUT2D eigenvalue weighted by molar-refractivity contribution is 7.89. The first kappa shape index (κ1) is 29.9. The van der Waals surface area contributed by atoms with Crippen LogP contribution in [0.5, 0.6) is 0 Å². The summed E-state index contributed by atoms with van der Waals surface area (Å²) in [5.41, 5.74) is 5.16. The molecular weight excluding hydrogens is 577 g/mol. The average molecular weight is 617 g/mol. The maximum Gasteiger partial charge on any atom is 0.241 e. The van der Waals surface area contributed by atoms with E-state index in [2.05, 4.69) is 38.5 Å². The van der Waals surface area contributed by atoms with Crippen LogP contribution in [-0.2, 0) is 27.8 Å². The van der Waals surface area contributed by atoms with Crippen LogP contribution >= 0.6 is 11.3 Å². The van der Waals surface area contributed by atoms with E-state index in [-0.39, 0.29) is 23.3 Å². The van der Waals surface area contributed by atoms with Crippen molar-refractivity contribution in [2.24, 2.45) is 0 Å². The number of aromatic nitrogens is 1. The van der Waals surface area contributed by atoms with Crippen molar-refractivity contribution in [3.05, 3.63) is 94.0 Å². The molecule has 1 amide bonds. The van der Waals surface area contributed by atoms with E-state index < -0.39 is 16.1 Å². The molecule has 2 unspecified atom stereocenters. The topological polar surface area (TPSA) is 100 Å². The van der Waals surface area contributed by atoms with E-state index >= 15 is 0 Å². The van der Waals surface area contributed by atoms with Gasteiger partial charge in [0.05, 0.1) is 32.2 Å². The van der Waals surface area contributed by atoms with E-state index in [4.69, 9.17) is 0 Å². The number of rotatable bonds is 10. The first-order valence-electron chi connectivity index (χ1n) is 15.4. The molecule has 0 radical (unpaired) electrons. The lowest BCUT2D eigenvalue weighted by Crippen LogP contribution is -2.36. The minimum atomic E-state index is -3.91. The molecule has 0 bridgehead atoms. The van der Waals surface area contributed by atoms with E-state index in [1.807, 2.05) is 37.3 Å². The molecule has 43 heavy (non-hydrogen) atoms. The zero-order valence-corrected chi connectivity index (χ0v) is 26.3. The van der Waals surface area contributed by atoms with Crippen LogP contribution in [0, 0.1) is 6.92 Å². The van der Waals surface area contributed by atoms with Crippen LogP contribution in [0.25, 0.3) is 10.2 Å². The Morgan fingerprint density at radius 1 is 0.977 bits per heavy atom. The van der Waals surface area contributed by atoms with Gasteiger partial charge in [0.25, 0.3) is 0 Å². The van der Waals surface area contributed by atoms with Gasteiger partial charge < -0.3 is 10.6 Å². The highest BCUT2D eigenvalue weighted by Crippen LogP contribution is 2.32. The molecule has 3 N–H and O–H groups in total. The lowest BCUT2D eigenvalue weighted by molar-refractivity contribution is -0.122. The number of thiazole rings is 1. The Balaban J connectivity index is 1.14. The van der Waals surface area contributed by atoms with E-state index in [1.54, 1.807) is 18.2 Å². The number of nitrogens with one attached hydrogen (secondary N) is 3. The van der Waals surface area contributed by atoms with Crippen LogP contribution in [0.4, 0.5) is 0 Å². The number of fused-ring (bicyclic) bond motifs is 2. The Morgan fingerprint density at radius 3 is 2.60 bits per heavy atom. The van der Waals surface area contributed by atoms with Crippen LogP contribution in [-0.4, -0.2) is 25.4 Å². The minimum absolute atomic E-state index is 0.00345. The highest BCUT2D eigenvalue weighted by atomic mass is 32.2. The van der Waals surface area contributed by atoms with Crippen molar-refractivity contribution in [1.82, 2.24) is 20.3 Å². The van der Waals surface area contributed by atoms with Gasteiger partial charge in [-0.3, -0.25) is 4.79 Å². The normalized spacial score (nSPS) is 18.3. The van der Waals surface area contributed by atoms with E-state index in [0.29, 0.717) is 11.6 Å². The maximum absolute atomic E-state index is 13.5. The van der Waals surface area contributed by atoms with Gasteiger partial charge in [-0.1, -0.05) is 67.8 Å². The Labute approximate surface area is 258 Å². The molecule has 4 aromatic rings. The smallest absolute Gasteiger partial charge is 0.241 e. The summed E-state index contributed by atoms with van der Waals surface area (Å²) in [5, 5.41) is 7.85. The standard InChI is InChI=1S/C34H40N4O3S2/c1-23-36-32-20-28(16-18-33(32)42-23)43(40,41)38-31(25-9-4-2-5-10-25)21-34(39)37-30-14-8-11-26-19-24(15-17-29(26)30)22-35-27-12-6-3-7-13-27/h2,4-5,9-10,15-20,27,30-31,35,38H,3,6-8,11-14,21-22H2,1H3,(H,37,39). The fraction of sp³-hybridized carbons (Fsp3) is 0.412. The first-order chi connectivity index (χ1) is 20.8. The Kier molecular flexibility index (Phi) is 9.23. The number of carbonyl (C=O) groups is 1. The summed E-state index contributed by atoms with van der Waals surface area (Å²) in [5.74, 6) is -0.178. The minimum Gasteiger partial charge on any atom is -0.349 e. The molecule has 2 atom stereocenters. The molecule has 2 aliphatic rings. The van der Waals surface area contributed by atoms with Crippen molar-refractivity contribution >= 4 is 37.5 Å². The fourth-order valence-electron chi connectivity index (χ4n) is 6.49. The van der Waals surface area contributed by atoms with Gasteiger partial charge in [0.2, 0.25) is 15.9 Å². The van der Waals surface area contributed by atoms with Gasteiger partial charge in [0.1, 0.15) is 0 Å². The number of nitrogens with zero attached hydrogens (tertiary/aromatic N) is 1. The Hall–Kier alpha value is -3.11. The second kappa shape index (κ2) is 13.3. The third-order valence-electron chi connectivity index (χ3n) is 8.72. The second-order valence-electron chi connectivity index (χ2n) is 11.9. The summed E-state index contributed by atoms with van der Waals surface area (Å²) >= 11 is 1.53. The molecule has 6 rings (SSSR count). The molecule has 226 valence electrons. The molecule has 7 nitrogen and oxygen atoms in total. The van der Waals surface area contributed by atoms with Gasteiger partial charge >= 0.3 is 0 Å². The summed E-state index contributed by atoms with van der Waals surface area (Å²) < 4.78 is 30.8. The van der Waals surface area contributed by atoms with Crippen molar-refractivity contribution in [1.29, 1.82) is 0 Å². The summed E-state index contributed by atoms with van der Waals surface area (Å²) in [6.07, 6.45) is 9.39. The maximum atomic E-state index is 13.5. The summed E-state index contributed by atoms with van der Waals surface area (Å²) in [6.45, 7) is 2.78. The summed E-state index contributed by atoms with van der Waals surface area (Å²) in [7, 11) is -3.91. The van der Waals surface area contributed by atoms with Crippen LogP contribution < -0.4 is 15.4 Å². The number of hydrogen-bond donors (Lipinski definition) is 3. The zero-order chi connectivity index (χ0) is 29.8. The van der Waals surface area contributed by atoms with E-state index in [0.717, 1.165) is 41.1 Å². The van der Waals surface area contributed by atoms with Gasteiger partial charge in [-0.2, -0.15) is 0 Å². The second-order valence-corrected chi connectivity index (χ2v) is 14.9. The van der Waals surface area contributed by atoms with Crippen molar-refractivity contribution in [2.45, 2.75) is 94.3 Å². The molecular formula is C34H40N4O3S2. The first-order valence-corrected chi connectivity index (χ1v) is 17.7. The average Bonchev–Trinajstić information content (AvgIpc) is 3.40. The molecule has 1 saturated carbocycles. The van der Waals surface area contributed by atoms with Gasteiger partial charge in [0.15, 0.2) is 0 Å². The fourth-order valence-corrected chi connectivity index (χ4v) is 8.54. The predicted molar refractivity (Wildman–Crippen MR) is 172 cm³/mol. The van der Waals surface area contributed by atoms with Crippen LogP contribution in [0.15, 0.2) is 71.6 Å². The third kappa shape index (κ3) is 7.34. The third-order valence-corrected chi connectivity index (χ3v) is 11.1. The van der Waals surface area contributed by atoms with Gasteiger partial charge in [-0.25, -0.2) is 18.1 Å². The summed E-state index contributed by atoms with van der Waals surface area (Å²) in [6, 6.07) is 20.8. The van der Waals surface area contributed by atoms with Gasteiger partial charge in [-0.15, -0.1) is 11.3 Å². The molecule has 0 spiro atoms. The number of sulfonamides is 1. The monoisotopic (exact) mass is 616 g/mol. The molecule has 1 fully saturated rings. The number of aryl methyl sites for hydroxylation is 2. The Morgan fingerprint density at radius 2 is 1.79 bits per heavy atom. The number of hydrogen-bond acceptors (Lipinski definition) is 6. The number of amides is 1. The van der Waals surface area contributed by atoms with Crippen molar-refractivity contribution in [2.75, 3.05) is 0 Å². The van der Waals surface area contributed by atoms with Crippen molar-refractivity contribution in [3.8, 4) is 0 Å². The largest absolute Gasteiger partial charge is 0.349 e. The van der Waals surface area contributed by atoms with Crippen LogP contribution in [0.1, 0.15) is 90.7 Å². The molecule has 0 saturated heterocycles. The van der Waals surface area contributed by atoms with Gasteiger partial charge in [-0.05, 0) is 79.5 Å². The summed E-state index contributed by atoms with van der Waals surface area (Å²) in [4.78, 5) is 18.1. The molecule has 9 heteroatoms. The van der Waals surface area contributed by atoms with E-state index in [9.17, 15) is 13.2 Å². The number of benzene rings is 3. The molecule has 3 aromatic carbocycles. The van der Waals surface area contributed by atoms with Crippen molar-refractivity contribution < 1.29 is 13.2 Å². The van der Waals surface area contributed by atoms with Crippen LogP contribution in [0.3, 0.4) is 0 Å². The lowest BCUT2D eigenvalue weighted by atomic mass is 9.86. The lowest BCUT2D eigenvalue weighted by Gasteiger charge is -2.28. The highest BCUT2D eigenvalue weighted by Gasteiger charge is 2.27. The van der Waals surface area contributed by atoms with Crippen LogP contribution in [0.2, 0.25) is 0 Å². The molecule has 1 heterocycles. The molecule has 1 aromatic heterocycles. The SMILES string of the molecule is Cc1nc2cc(S(=O)(=O)NC(CC(=O)NC3CCCc4cc(CNC5CCCCC5)ccc43)c3ccccc3)ccc2s1. The molecule has 0 aliphatic heterocycles. The van der Waals surface area contributed by atoms with E-state index in [1.165, 1.54) is 60.1 Å². The quantitative estimate of drug-likeness (QED) is 0.186. The van der Waals surface area contributed by atoms with Crippen molar-refractivity contribution in [3.63, 3.8) is 0 Å². The zero-order valence-electron chi connectivity index (χ0n) is 24.6. The Bertz CT molecular complexity index is 1680.